The number of halogens is 1. The monoisotopic (exact) mass is 519 g/mol. The van der Waals surface area contributed by atoms with E-state index in [2.05, 4.69) is 25.4 Å². The minimum absolute atomic E-state index is 0.259. The fourth-order valence-electron chi connectivity index (χ4n) is 3.81. The molecule has 0 radical (unpaired) electrons. The molecule has 1 aliphatic heterocycles. The maximum atomic E-state index is 13.8. The van der Waals surface area contributed by atoms with Crippen molar-refractivity contribution >= 4 is 34.7 Å². The number of hydroxylamine groups is 2. The number of aryl methyl sites for hydroxylation is 2. The van der Waals surface area contributed by atoms with Gasteiger partial charge >= 0.3 is 6.09 Å². The normalized spacial score (nSPS) is 15.9. The number of nitrogens with zero attached hydrogens (tertiary/aromatic N) is 8. The Balaban J connectivity index is 1.43. The molecule has 13 nitrogen and oxygen atoms in total. The number of aromatic nitrogens is 6. The number of hydrogen-bond donors (Lipinski definition) is 1. The summed E-state index contributed by atoms with van der Waals surface area (Å²) in [7, 11) is 4.89. The topological polar surface area (TPSA) is 125 Å². The number of hydrogen-bond acceptors (Lipinski definition) is 10. The lowest BCUT2D eigenvalue weighted by atomic mass is 10.2. The van der Waals surface area contributed by atoms with Crippen LogP contribution in [0.2, 0.25) is 0 Å². The van der Waals surface area contributed by atoms with E-state index in [0.717, 1.165) is 5.06 Å². The zero-order valence-corrected chi connectivity index (χ0v) is 22.1. The molecule has 0 bridgehead atoms. The van der Waals surface area contributed by atoms with Gasteiger partial charge in [-0.2, -0.15) is 15.0 Å². The fourth-order valence-corrected chi connectivity index (χ4v) is 3.81. The quantitative estimate of drug-likeness (QED) is 0.333. The van der Waals surface area contributed by atoms with Gasteiger partial charge in [-0.1, -0.05) is 0 Å². The zero-order chi connectivity index (χ0) is 26.7. The van der Waals surface area contributed by atoms with Gasteiger partial charge < -0.3 is 24.3 Å². The summed E-state index contributed by atoms with van der Waals surface area (Å²) in [6, 6.07) is 0. The van der Waals surface area contributed by atoms with Crippen LogP contribution in [0.5, 0.6) is 5.88 Å². The van der Waals surface area contributed by atoms with Crippen LogP contribution in [0.4, 0.5) is 26.6 Å². The second kappa shape index (κ2) is 10.7. The summed E-state index contributed by atoms with van der Waals surface area (Å²) in [5.74, 6) is 1.29. The van der Waals surface area contributed by atoms with E-state index in [1.54, 1.807) is 42.5 Å². The molecule has 0 aromatic carbocycles. The molecule has 1 amide bonds. The smallest absolute Gasteiger partial charge is 0.434 e. The largest absolute Gasteiger partial charge is 0.478 e. The highest BCUT2D eigenvalue weighted by molar-refractivity contribution is 5.87. The Hall–Kier alpha value is -3.68. The molecule has 37 heavy (non-hydrogen) atoms. The van der Waals surface area contributed by atoms with Crippen molar-refractivity contribution in [1.29, 1.82) is 0 Å². The molecule has 4 rings (SSSR count). The molecule has 1 saturated heterocycles. The van der Waals surface area contributed by atoms with Gasteiger partial charge in [0.05, 0.1) is 32.8 Å². The second-order valence-corrected chi connectivity index (χ2v) is 9.84. The summed E-state index contributed by atoms with van der Waals surface area (Å²) >= 11 is 0. The highest BCUT2D eigenvalue weighted by atomic mass is 19.1. The van der Waals surface area contributed by atoms with Gasteiger partial charge in [0.15, 0.2) is 17.0 Å². The number of fused-ring (bicyclic) bond motifs is 1. The van der Waals surface area contributed by atoms with Crippen molar-refractivity contribution in [3.05, 3.63) is 12.5 Å². The Bertz CT molecular complexity index is 1240. The van der Waals surface area contributed by atoms with Crippen LogP contribution in [-0.2, 0) is 23.2 Å². The van der Waals surface area contributed by atoms with E-state index in [1.165, 1.54) is 14.2 Å². The van der Waals surface area contributed by atoms with E-state index in [4.69, 9.17) is 14.3 Å². The van der Waals surface area contributed by atoms with Crippen LogP contribution in [0.15, 0.2) is 12.5 Å². The lowest BCUT2D eigenvalue weighted by Gasteiger charge is -2.24. The first kappa shape index (κ1) is 26.4. The van der Waals surface area contributed by atoms with Crippen LogP contribution in [-0.4, -0.2) is 86.1 Å². The Morgan fingerprint density at radius 2 is 2.11 bits per heavy atom. The lowest BCUT2D eigenvalue weighted by Crippen LogP contribution is -2.34. The van der Waals surface area contributed by atoms with E-state index in [0.29, 0.717) is 60.4 Å². The predicted octanol–water partition coefficient (Wildman–Crippen LogP) is 3.05. The van der Waals surface area contributed by atoms with E-state index in [-0.39, 0.29) is 13.2 Å². The van der Waals surface area contributed by atoms with E-state index in [1.807, 2.05) is 11.9 Å². The third-order valence-corrected chi connectivity index (χ3v) is 5.60. The SMILES string of the molecule is COc1nn(CCCON(C)C(=O)OC(C)(C)C)cc1Nc1nc(N2CCC(F)C2)nc2c1ncn2C. The van der Waals surface area contributed by atoms with Gasteiger partial charge in [-0.3, -0.25) is 9.52 Å². The molecular weight excluding hydrogens is 485 g/mol. The third kappa shape index (κ3) is 6.37. The van der Waals surface area contributed by atoms with Gasteiger partial charge in [0.2, 0.25) is 5.95 Å². The molecule has 4 heterocycles. The molecule has 3 aromatic rings. The van der Waals surface area contributed by atoms with Gasteiger partial charge in [0.1, 0.15) is 17.5 Å². The molecule has 14 heteroatoms. The highest BCUT2D eigenvalue weighted by Gasteiger charge is 2.26. The molecule has 1 aliphatic rings. The zero-order valence-electron chi connectivity index (χ0n) is 22.1. The highest BCUT2D eigenvalue weighted by Crippen LogP contribution is 2.30. The summed E-state index contributed by atoms with van der Waals surface area (Å²) in [4.78, 5) is 33.0. The van der Waals surface area contributed by atoms with Gasteiger partial charge in [0.25, 0.3) is 5.88 Å². The maximum Gasteiger partial charge on any atom is 0.434 e. The number of ether oxygens (including phenoxy) is 2. The van der Waals surface area contributed by atoms with Gasteiger partial charge in [-0.05, 0) is 33.6 Å². The van der Waals surface area contributed by atoms with Crippen LogP contribution in [0.1, 0.15) is 33.6 Å². The average Bonchev–Trinajstić information content (AvgIpc) is 3.54. The number of rotatable bonds is 9. The van der Waals surface area contributed by atoms with Crippen LogP contribution >= 0.6 is 0 Å². The van der Waals surface area contributed by atoms with Crippen molar-refractivity contribution in [1.82, 2.24) is 34.4 Å². The molecule has 0 aliphatic carbocycles. The fraction of sp³-hybridized carbons (Fsp3) is 0.609. The first-order chi connectivity index (χ1) is 17.5. The first-order valence-electron chi connectivity index (χ1n) is 12.1. The predicted molar refractivity (Wildman–Crippen MR) is 135 cm³/mol. The van der Waals surface area contributed by atoms with Crippen molar-refractivity contribution in [2.24, 2.45) is 7.05 Å². The van der Waals surface area contributed by atoms with Gasteiger partial charge in [-0.25, -0.2) is 14.2 Å². The molecule has 1 unspecified atom stereocenters. The third-order valence-electron chi connectivity index (χ3n) is 5.60. The van der Waals surface area contributed by atoms with Gasteiger partial charge in [0, 0.05) is 27.2 Å². The van der Waals surface area contributed by atoms with Crippen LogP contribution in [0.3, 0.4) is 0 Å². The molecule has 202 valence electrons. The summed E-state index contributed by atoms with van der Waals surface area (Å²) < 4.78 is 28.1. The Morgan fingerprint density at radius 3 is 2.78 bits per heavy atom. The average molecular weight is 520 g/mol. The van der Waals surface area contributed by atoms with Crippen molar-refractivity contribution < 1.29 is 23.5 Å². The first-order valence-corrected chi connectivity index (χ1v) is 12.1. The number of carbonyl (C=O) groups excluding carboxylic acids is 1. The number of imidazole rings is 1. The van der Waals surface area contributed by atoms with Gasteiger partial charge in [-0.15, -0.1) is 5.10 Å². The Kier molecular flexibility index (Phi) is 7.66. The molecule has 3 aromatic heterocycles. The second-order valence-electron chi connectivity index (χ2n) is 9.84. The lowest BCUT2D eigenvalue weighted by molar-refractivity contribution is -0.132. The molecule has 0 spiro atoms. The number of methoxy groups -OCH3 is 1. The molecule has 1 N–H and O–H groups in total. The van der Waals surface area contributed by atoms with Crippen molar-refractivity contribution in [3.8, 4) is 5.88 Å². The van der Waals surface area contributed by atoms with Crippen molar-refractivity contribution in [2.75, 3.05) is 44.1 Å². The molecule has 0 saturated carbocycles. The van der Waals surface area contributed by atoms with E-state index >= 15 is 0 Å². The number of amides is 1. The Morgan fingerprint density at radius 1 is 1.32 bits per heavy atom. The summed E-state index contributed by atoms with van der Waals surface area (Å²) in [6.45, 7) is 6.99. The summed E-state index contributed by atoms with van der Waals surface area (Å²) in [6.07, 6.45) is 3.03. The van der Waals surface area contributed by atoms with E-state index < -0.39 is 17.9 Å². The van der Waals surface area contributed by atoms with Crippen LogP contribution < -0.4 is 15.0 Å². The summed E-state index contributed by atoms with van der Waals surface area (Å²) in [5.41, 5.74) is 1.21. The van der Waals surface area contributed by atoms with Crippen LogP contribution in [0, 0.1) is 0 Å². The number of nitrogens with one attached hydrogen (secondary N) is 1. The number of alkyl halides is 1. The maximum absolute atomic E-state index is 13.8. The molecule has 1 fully saturated rings. The van der Waals surface area contributed by atoms with Crippen LogP contribution in [0.25, 0.3) is 11.2 Å². The standard InChI is InChI=1S/C23H34FN9O4/c1-23(2,3)37-22(34)31(5)36-11-7-9-33-13-16(20(29-33)35-6)26-18-17-19(30(4)14-25-17)28-21(27-18)32-10-8-15(24)12-32/h13-15H,7-12H2,1-6H3,(H,26,27,28). The van der Waals surface area contributed by atoms with E-state index in [9.17, 15) is 9.18 Å². The van der Waals surface area contributed by atoms with Crippen molar-refractivity contribution in [2.45, 2.75) is 51.9 Å². The number of carbonyl (C=O) groups is 1. The Labute approximate surface area is 214 Å². The summed E-state index contributed by atoms with van der Waals surface area (Å²) in [5, 5.41) is 8.81. The van der Waals surface area contributed by atoms with Crippen molar-refractivity contribution in [3.63, 3.8) is 0 Å². The minimum atomic E-state index is -0.895. The molecular formula is C23H34FN9O4. The minimum Gasteiger partial charge on any atom is -0.478 e. The molecule has 1 atom stereocenters. The number of anilines is 3.